The number of rotatable bonds is 5. The van der Waals surface area contributed by atoms with Gasteiger partial charge >= 0.3 is 6.09 Å². The quantitative estimate of drug-likeness (QED) is 0.607. The molecule has 2 rings (SSSR count). The predicted octanol–water partition coefficient (Wildman–Crippen LogP) is 5.50. The first-order valence-corrected chi connectivity index (χ1v) is 12.9. The van der Waals surface area contributed by atoms with E-state index in [4.69, 9.17) is 9.16 Å². The van der Waals surface area contributed by atoms with E-state index >= 15 is 0 Å². The minimum atomic E-state index is -2.16. The standard InChI is InChI=1S/C22H35NO4Si/c1-20(2,3)26-19(25)23(16-17-12-10-9-11-13-17)18(24)22(14-15-22)27-28(7,8)21(4,5)6/h9-13H,14-16H2,1-8H3. The fourth-order valence-electron chi connectivity index (χ4n) is 2.66. The molecule has 1 aliphatic rings. The molecule has 0 heterocycles. The van der Waals surface area contributed by atoms with Crippen molar-refractivity contribution >= 4 is 20.3 Å². The summed E-state index contributed by atoms with van der Waals surface area (Å²) in [6, 6.07) is 9.50. The van der Waals surface area contributed by atoms with Crippen molar-refractivity contribution in [3.8, 4) is 0 Å². The van der Waals surface area contributed by atoms with Crippen LogP contribution in [0.1, 0.15) is 59.9 Å². The van der Waals surface area contributed by atoms with Crippen LogP contribution < -0.4 is 0 Å². The third-order valence-corrected chi connectivity index (χ3v) is 9.91. The zero-order valence-corrected chi connectivity index (χ0v) is 19.6. The first-order valence-electron chi connectivity index (χ1n) is 9.96. The van der Waals surface area contributed by atoms with Crippen LogP contribution in [0.15, 0.2) is 30.3 Å². The number of hydrogen-bond donors (Lipinski definition) is 0. The molecular formula is C22H35NO4Si. The topological polar surface area (TPSA) is 55.8 Å². The average Bonchev–Trinajstić information content (AvgIpc) is 3.30. The lowest BCUT2D eigenvalue weighted by Crippen LogP contribution is -2.52. The van der Waals surface area contributed by atoms with Gasteiger partial charge in [0, 0.05) is 0 Å². The molecule has 5 nitrogen and oxygen atoms in total. The SMILES string of the molecule is CC(C)(C)OC(=O)N(Cc1ccccc1)C(=O)C1(O[Si](C)(C)C(C)(C)C)CC1. The van der Waals surface area contributed by atoms with Crippen molar-refractivity contribution < 1.29 is 18.8 Å². The van der Waals surface area contributed by atoms with Gasteiger partial charge in [-0.2, -0.15) is 0 Å². The highest BCUT2D eigenvalue weighted by molar-refractivity contribution is 6.74. The molecule has 0 aromatic heterocycles. The van der Waals surface area contributed by atoms with Gasteiger partial charge in [-0.05, 0) is 57.3 Å². The fraction of sp³-hybridized carbons (Fsp3) is 0.636. The summed E-state index contributed by atoms with van der Waals surface area (Å²) in [5.74, 6) is -0.282. The predicted molar refractivity (Wildman–Crippen MR) is 113 cm³/mol. The number of carbonyl (C=O) groups excluding carboxylic acids is 2. The molecule has 0 radical (unpaired) electrons. The second kappa shape index (κ2) is 7.63. The smallest absolute Gasteiger partial charge is 0.417 e. The maximum absolute atomic E-state index is 13.5. The summed E-state index contributed by atoms with van der Waals surface area (Å²) in [6.45, 7) is 16.3. The van der Waals surface area contributed by atoms with Crippen molar-refractivity contribution in [3.63, 3.8) is 0 Å². The van der Waals surface area contributed by atoms with Crippen molar-refractivity contribution in [2.75, 3.05) is 0 Å². The number of imide groups is 1. The Hall–Kier alpha value is -1.66. The molecular weight excluding hydrogens is 370 g/mol. The average molecular weight is 406 g/mol. The minimum absolute atomic E-state index is 0.0148. The molecule has 1 aromatic carbocycles. The second-order valence-electron chi connectivity index (χ2n) is 10.2. The molecule has 0 atom stereocenters. The van der Waals surface area contributed by atoms with Gasteiger partial charge in [0.1, 0.15) is 11.2 Å². The summed E-state index contributed by atoms with van der Waals surface area (Å²) in [5, 5.41) is -0.0148. The minimum Gasteiger partial charge on any atom is -0.443 e. The van der Waals surface area contributed by atoms with Gasteiger partial charge < -0.3 is 9.16 Å². The lowest BCUT2D eigenvalue weighted by atomic mass is 10.2. The highest BCUT2D eigenvalue weighted by atomic mass is 28.4. The number of nitrogens with zero attached hydrogens (tertiary/aromatic N) is 1. The van der Waals surface area contributed by atoms with Gasteiger partial charge in [-0.1, -0.05) is 51.1 Å². The number of ether oxygens (including phenoxy) is 1. The molecule has 156 valence electrons. The normalized spacial score (nSPS) is 16.4. The monoisotopic (exact) mass is 405 g/mol. The highest BCUT2D eigenvalue weighted by Crippen LogP contribution is 2.49. The van der Waals surface area contributed by atoms with Crippen LogP contribution in [0.25, 0.3) is 0 Å². The number of hydrogen-bond acceptors (Lipinski definition) is 4. The number of carbonyl (C=O) groups is 2. The van der Waals surface area contributed by atoms with Crippen molar-refractivity contribution in [1.29, 1.82) is 0 Å². The van der Waals surface area contributed by atoms with Crippen LogP contribution in [0.4, 0.5) is 4.79 Å². The van der Waals surface area contributed by atoms with Crippen LogP contribution in [0.3, 0.4) is 0 Å². The summed E-state index contributed by atoms with van der Waals surface area (Å²) < 4.78 is 12.0. The Labute approximate surface area is 170 Å². The Morgan fingerprint density at radius 1 is 1.04 bits per heavy atom. The third kappa shape index (κ3) is 5.45. The molecule has 1 saturated carbocycles. The molecule has 2 amide bonds. The Bertz CT molecular complexity index is 712. The van der Waals surface area contributed by atoms with Gasteiger partial charge in [0.05, 0.1) is 6.54 Å². The van der Waals surface area contributed by atoms with Crippen LogP contribution in [0.5, 0.6) is 0 Å². The van der Waals surface area contributed by atoms with Crippen LogP contribution in [-0.4, -0.2) is 36.4 Å². The molecule has 0 N–H and O–H groups in total. The zero-order valence-electron chi connectivity index (χ0n) is 18.6. The van der Waals surface area contributed by atoms with Gasteiger partial charge in [-0.3, -0.25) is 4.79 Å². The summed E-state index contributed by atoms with van der Waals surface area (Å²) in [5.41, 5.74) is -0.692. The van der Waals surface area contributed by atoms with E-state index in [2.05, 4.69) is 33.9 Å². The number of amides is 2. The Morgan fingerprint density at radius 2 is 1.57 bits per heavy atom. The first-order chi connectivity index (χ1) is 12.7. The summed E-state index contributed by atoms with van der Waals surface area (Å²) >= 11 is 0. The van der Waals surface area contributed by atoms with E-state index in [1.165, 1.54) is 4.90 Å². The third-order valence-electron chi connectivity index (χ3n) is 5.39. The Kier molecular flexibility index (Phi) is 6.17. The zero-order chi connectivity index (χ0) is 21.4. The Morgan fingerprint density at radius 3 is 2.00 bits per heavy atom. The van der Waals surface area contributed by atoms with Gasteiger partial charge in [0.2, 0.25) is 0 Å². The summed E-state index contributed by atoms with van der Waals surface area (Å²) in [4.78, 5) is 27.6. The van der Waals surface area contributed by atoms with E-state index < -0.39 is 25.6 Å². The van der Waals surface area contributed by atoms with Crippen molar-refractivity contribution in [2.45, 2.75) is 90.3 Å². The van der Waals surface area contributed by atoms with E-state index in [-0.39, 0.29) is 17.5 Å². The molecule has 1 aliphatic carbocycles. The number of benzene rings is 1. The molecule has 0 spiro atoms. The van der Waals surface area contributed by atoms with Crippen molar-refractivity contribution in [1.82, 2.24) is 4.90 Å². The van der Waals surface area contributed by atoms with E-state index in [0.717, 1.165) is 5.56 Å². The van der Waals surface area contributed by atoms with Crippen molar-refractivity contribution in [3.05, 3.63) is 35.9 Å². The maximum Gasteiger partial charge on any atom is 0.417 e. The van der Waals surface area contributed by atoms with Gasteiger partial charge in [0.25, 0.3) is 5.91 Å². The van der Waals surface area contributed by atoms with Crippen molar-refractivity contribution in [2.24, 2.45) is 0 Å². The molecule has 1 fully saturated rings. The molecule has 1 aromatic rings. The molecule has 0 saturated heterocycles. The molecule has 28 heavy (non-hydrogen) atoms. The van der Waals surface area contributed by atoms with Crippen LogP contribution in [0, 0.1) is 0 Å². The summed E-state index contributed by atoms with van der Waals surface area (Å²) in [6.07, 6.45) is 0.672. The van der Waals surface area contributed by atoms with Crippen LogP contribution in [-0.2, 0) is 20.5 Å². The van der Waals surface area contributed by atoms with Gasteiger partial charge in [-0.15, -0.1) is 0 Å². The summed E-state index contributed by atoms with van der Waals surface area (Å²) in [7, 11) is -2.16. The maximum atomic E-state index is 13.5. The first kappa shape index (κ1) is 22.6. The van der Waals surface area contributed by atoms with E-state index in [1.807, 2.05) is 30.3 Å². The molecule has 6 heteroatoms. The second-order valence-corrected chi connectivity index (χ2v) is 14.9. The van der Waals surface area contributed by atoms with Gasteiger partial charge in [0.15, 0.2) is 8.32 Å². The largest absolute Gasteiger partial charge is 0.443 e. The van der Waals surface area contributed by atoms with Crippen LogP contribution >= 0.6 is 0 Å². The van der Waals surface area contributed by atoms with E-state index in [9.17, 15) is 9.59 Å². The fourth-order valence-corrected chi connectivity index (χ4v) is 4.24. The lowest BCUT2D eigenvalue weighted by Gasteiger charge is -2.40. The molecule has 0 aliphatic heterocycles. The van der Waals surface area contributed by atoms with E-state index in [0.29, 0.717) is 12.8 Å². The molecule has 0 bridgehead atoms. The highest BCUT2D eigenvalue weighted by Gasteiger charge is 2.58. The van der Waals surface area contributed by atoms with Gasteiger partial charge in [-0.25, -0.2) is 9.69 Å². The molecule has 0 unspecified atom stereocenters. The van der Waals surface area contributed by atoms with E-state index in [1.54, 1.807) is 20.8 Å². The lowest BCUT2D eigenvalue weighted by molar-refractivity contribution is -0.141. The Balaban J connectivity index is 2.29. The van der Waals surface area contributed by atoms with Crippen LogP contribution in [0.2, 0.25) is 18.1 Å².